The van der Waals surface area contributed by atoms with Crippen LogP contribution < -0.4 is 11.1 Å². The van der Waals surface area contributed by atoms with Gasteiger partial charge in [-0.1, -0.05) is 6.92 Å². The van der Waals surface area contributed by atoms with Gasteiger partial charge in [-0.2, -0.15) is 5.26 Å². The van der Waals surface area contributed by atoms with Gasteiger partial charge in [0.05, 0.1) is 30.1 Å². The molecule has 0 amide bonds. The Balaban J connectivity index is 2.83. The van der Waals surface area contributed by atoms with Crippen molar-refractivity contribution >= 4 is 11.5 Å². The summed E-state index contributed by atoms with van der Waals surface area (Å²) in [5, 5.41) is 12.1. The maximum Gasteiger partial charge on any atom is 0.144 e. The van der Waals surface area contributed by atoms with E-state index in [0.29, 0.717) is 23.7 Å². The first-order valence-corrected chi connectivity index (χ1v) is 5.12. The minimum absolute atomic E-state index is 0.147. The molecule has 1 atom stereocenters. The van der Waals surface area contributed by atoms with Crippen LogP contribution >= 0.6 is 0 Å². The first-order valence-electron chi connectivity index (χ1n) is 5.12. The maximum atomic E-state index is 8.94. The average Bonchev–Trinajstić information content (AvgIpc) is 2.30. The van der Waals surface area contributed by atoms with Crippen molar-refractivity contribution in [3.8, 4) is 6.07 Å². The Morgan fingerprint density at radius 2 is 2.44 bits per heavy atom. The van der Waals surface area contributed by atoms with Crippen molar-refractivity contribution in [3.63, 3.8) is 0 Å². The van der Waals surface area contributed by atoms with Gasteiger partial charge in [0.2, 0.25) is 0 Å². The smallest absolute Gasteiger partial charge is 0.144 e. The number of nitrogens with one attached hydrogen (secondary N) is 1. The minimum Gasteiger partial charge on any atom is -0.397 e. The number of nitrogens with two attached hydrogens (primary N) is 1. The molecule has 1 aromatic rings. The van der Waals surface area contributed by atoms with Crippen LogP contribution in [0.25, 0.3) is 0 Å². The summed E-state index contributed by atoms with van der Waals surface area (Å²) in [6.45, 7) is 2.62. The van der Waals surface area contributed by atoms with Gasteiger partial charge in [0.25, 0.3) is 0 Å². The van der Waals surface area contributed by atoms with Gasteiger partial charge in [-0.25, -0.2) is 4.98 Å². The summed E-state index contributed by atoms with van der Waals surface area (Å²) in [7, 11) is 1.64. The molecule has 16 heavy (non-hydrogen) atoms. The third-order valence-corrected chi connectivity index (χ3v) is 2.23. The van der Waals surface area contributed by atoms with E-state index in [2.05, 4.69) is 16.4 Å². The third-order valence-electron chi connectivity index (χ3n) is 2.23. The lowest BCUT2D eigenvalue weighted by molar-refractivity contribution is 0.184. The van der Waals surface area contributed by atoms with Crippen LogP contribution in [0.1, 0.15) is 18.9 Å². The first kappa shape index (κ1) is 12.3. The summed E-state index contributed by atoms with van der Waals surface area (Å²) >= 11 is 0. The Morgan fingerprint density at radius 1 is 1.69 bits per heavy atom. The van der Waals surface area contributed by atoms with Crippen molar-refractivity contribution < 1.29 is 4.74 Å². The Bertz CT molecular complexity index is 386. The van der Waals surface area contributed by atoms with Gasteiger partial charge in [0.15, 0.2) is 0 Å². The molecule has 1 heterocycles. The predicted octanol–water partition coefficient (Wildman–Crippen LogP) is 1.37. The van der Waals surface area contributed by atoms with Gasteiger partial charge in [-0.05, 0) is 12.5 Å². The molecule has 0 aliphatic rings. The number of hydrogen-bond acceptors (Lipinski definition) is 5. The number of rotatable bonds is 5. The van der Waals surface area contributed by atoms with E-state index < -0.39 is 0 Å². The van der Waals surface area contributed by atoms with Crippen LogP contribution in [0, 0.1) is 11.3 Å². The first-order chi connectivity index (χ1) is 7.71. The van der Waals surface area contributed by atoms with Crippen LogP contribution in [-0.2, 0) is 4.74 Å². The largest absolute Gasteiger partial charge is 0.397 e. The zero-order valence-electron chi connectivity index (χ0n) is 9.53. The molecule has 0 radical (unpaired) electrons. The summed E-state index contributed by atoms with van der Waals surface area (Å²) in [6, 6.07) is 3.81. The van der Waals surface area contributed by atoms with E-state index in [1.54, 1.807) is 13.2 Å². The number of anilines is 2. The molecule has 0 aliphatic carbocycles. The second kappa shape index (κ2) is 5.93. The molecule has 0 fully saturated rings. The van der Waals surface area contributed by atoms with Gasteiger partial charge in [0.1, 0.15) is 11.9 Å². The van der Waals surface area contributed by atoms with Crippen molar-refractivity contribution in [2.45, 2.75) is 19.4 Å². The van der Waals surface area contributed by atoms with E-state index in [0.717, 1.165) is 6.42 Å². The van der Waals surface area contributed by atoms with E-state index >= 15 is 0 Å². The van der Waals surface area contributed by atoms with Crippen LogP contribution in [0.2, 0.25) is 0 Å². The second-order valence-corrected chi connectivity index (χ2v) is 3.48. The molecule has 3 N–H and O–H groups in total. The van der Waals surface area contributed by atoms with E-state index in [1.165, 1.54) is 6.20 Å². The summed E-state index contributed by atoms with van der Waals surface area (Å²) in [6.07, 6.45) is 2.42. The molecule has 0 saturated heterocycles. The quantitative estimate of drug-likeness (QED) is 0.783. The van der Waals surface area contributed by atoms with Crippen molar-refractivity contribution in [2.24, 2.45) is 0 Å². The molecule has 0 bridgehead atoms. The average molecular weight is 220 g/mol. The normalized spacial score (nSPS) is 11.8. The molecule has 1 unspecified atom stereocenters. The second-order valence-electron chi connectivity index (χ2n) is 3.48. The number of aromatic nitrogens is 1. The number of nitrogens with zero attached hydrogens (tertiary/aromatic N) is 2. The number of pyridine rings is 1. The molecule has 5 heteroatoms. The lowest BCUT2D eigenvalue weighted by atomic mass is 10.2. The van der Waals surface area contributed by atoms with Crippen molar-refractivity contribution in [1.82, 2.24) is 4.98 Å². The lowest BCUT2D eigenvalue weighted by Gasteiger charge is -2.17. The van der Waals surface area contributed by atoms with E-state index in [1.807, 2.05) is 6.92 Å². The highest BCUT2D eigenvalue weighted by atomic mass is 16.5. The number of hydrogen-bond donors (Lipinski definition) is 2. The van der Waals surface area contributed by atoms with Crippen molar-refractivity contribution in [1.29, 1.82) is 5.26 Å². The zero-order chi connectivity index (χ0) is 12.0. The Morgan fingerprint density at radius 3 is 3.00 bits per heavy atom. The number of nitriles is 1. The summed E-state index contributed by atoms with van der Waals surface area (Å²) in [4.78, 5) is 4.10. The number of methoxy groups -OCH3 is 1. The molecule has 86 valence electrons. The van der Waals surface area contributed by atoms with Crippen LogP contribution in [0.3, 0.4) is 0 Å². The predicted molar refractivity (Wildman–Crippen MR) is 62.9 cm³/mol. The van der Waals surface area contributed by atoms with E-state index in [9.17, 15) is 0 Å². The molecular formula is C11H16N4O. The standard InChI is InChI=1S/C11H16N4O/c1-3-10(7-16-2)15-11-8(5-12)4-9(13)6-14-11/h4,6,10H,3,7,13H2,1-2H3,(H,14,15). The zero-order valence-corrected chi connectivity index (χ0v) is 9.53. The van der Waals surface area contributed by atoms with Crippen molar-refractivity contribution in [2.75, 3.05) is 24.8 Å². The Kier molecular flexibility index (Phi) is 4.55. The SMILES string of the molecule is CCC(COC)Nc1ncc(N)cc1C#N. The highest BCUT2D eigenvalue weighted by molar-refractivity contribution is 5.57. The van der Waals surface area contributed by atoms with Crippen LogP contribution in [0.5, 0.6) is 0 Å². The lowest BCUT2D eigenvalue weighted by Crippen LogP contribution is -2.25. The van der Waals surface area contributed by atoms with Gasteiger partial charge in [-0.3, -0.25) is 0 Å². The van der Waals surface area contributed by atoms with Crippen LogP contribution in [0.15, 0.2) is 12.3 Å². The van der Waals surface area contributed by atoms with Crippen molar-refractivity contribution in [3.05, 3.63) is 17.8 Å². The summed E-state index contributed by atoms with van der Waals surface area (Å²) < 4.78 is 5.07. The minimum atomic E-state index is 0.147. The van der Waals surface area contributed by atoms with Crippen LogP contribution in [-0.4, -0.2) is 24.7 Å². The Hall–Kier alpha value is -1.80. The molecule has 0 aromatic carbocycles. The molecular weight excluding hydrogens is 204 g/mol. The fraction of sp³-hybridized carbons (Fsp3) is 0.455. The molecule has 1 rings (SSSR count). The molecule has 0 aliphatic heterocycles. The maximum absolute atomic E-state index is 8.94. The van der Waals surface area contributed by atoms with Gasteiger partial charge >= 0.3 is 0 Å². The third kappa shape index (κ3) is 3.11. The number of ether oxygens (including phenoxy) is 1. The molecule has 0 spiro atoms. The summed E-state index contributed by atoms with van der Waals surface area (Å²) in [5.74, 6) is 0.556. The summed E-state index contributed by atoms with van der Waals surface area (Å²) in [5.41, 5.74) is 6.50. The Labute approximate surface area is 95.2 Å². The van der Waals surface area contributed by atoms with Gasteiger partial charge < -0.3 is 15.8 Å². The van der Waals surface area contributed by atoms with E-state index in [-0.39, 0.29) is 6.04 Å². The molecule has 1 aromatic heterocycles. The monoisotopic (exact) mass is 220 g/mol. The van der Waals surface area contributed by atoms with Gasteiger partial charge in [-0.15, -0.1) is 0 Å². The number of nitrogen functional groups attached to an aromatic ring is 1. The fourth-order valence-electron chi connectivity index (χ4n) is 1.34. The van der Waals surface area contributed by atoms with Crippen LogP contribution in [0.4, 0.5) is 11.5 Å². The van der Waals surface area contributed by atoms with Gasteiger partial charge in [0, 0.05) is 7.11 Å². The van der Waals surface area contributed by atoms with E-state index in [4.69, 9.17) is 15.7 Å². The fourth-order valence-corrected chi connectivity index (χ4v) is 1.34. The topological polar surface area (TPSA) is 84.0 Å². The molecule has 5 nitrogen and oxygen atoms in total. The highest BCUT2D eigenvalue weighted by Crippen LogP contribution is 2.15. The molecule has 0 saturated carbocycles. The highest BCUT2D eigenvalue weighted by Gasteiger charge is 2.10.